The Morgan fingerprint density at radius 2 is 1.74 bits per heavy atom. The molecule has 2 heteroatoms. The first-order chi connectivity index (χ1) is 12.7. The van der Waals surface area contributed by atoms with Crippen LogP contribution in [0.5, 0.6) is 0 Å². The number of carboxylic acids is 1. The third-order valence-electron chi connectivity index (χ3n) is 6.65. The predicted octanol–water partition coefficient (Wildman–Crippen LogP) is 5.95. The van der Waals surface area contributed by atoms with Gasteiger partial charge in [-0.1, -0.05) is 70.2 Å². The number of carbonyl (C=O) groups is 1. The summed E-state index contributed by atoms with van der Waals surface area (Å²) in [6, 6.07) is 7.02. The Bertz CT molecular complexity index is 935. The van der Waals surface area contributed by atoms with Crippen molar-refractivity contribution in [3.05, 3.63) is 76.4 Å². The molecule has 0 bridgehead atoms. The molecule has 0 heterocycles. The average Bonchev–Trinajstić information content (AvgIpc) is 2.64. The highest BCUT2D eigenvalue weighted by atomic mass is 16.4. The van der Waals surface area contributed by atoms with Gasteiger partial charge in [-0.2, -0.15) is 0 Å². The highest BCUT2D eigenvalue weighted by Gasteiger charge is 2.37. The number of carboxylic acid groups (broad SMARTS) is 1. The van der Waals surface area contributed by atoms with Gasteiger partial charge in [0, 0.05) is 5.92 Å². The molecule has 2 nitrogen and oxygen atoms in total. The quantitative estimate of drug-likeness (QED) is 0.708. The van der Waals surface area contributed by atoms with Crippen molar-refractivity contribution in [2.45, 2.75) is 57.8 Å². The lowest BCUT2D eigenvalue weighted by Gasteiger charge is -2.42. The normalized spacial score (nSPS) is 24.9. The van der Waals surface area contributed by atoms with Crippen LogP contribution in [0.25, 0.3) is 5.57 Å². The number of benzene rings is 1. The maximum atomic E-state index is 11.2. The first-order valence-electron chi connectivity index (χ1n) is 9.87. The van der Waals surface area contributed by atoms with Gasteiger partial charge in [0.2, 0.25) is 0 Å². The number of aliphatic carboxylic acids is 1. The highest BCUT2D eigenvalue weighted by molar-refractivity contribution is 5.91. The van der Waals surface area contributed by atoms with Gasteiger partial charge in [0.05, 0.1) is 5.57 Å². The molecule has 1 aromatic carbocycles. The molecule has 1 unspecified atom stereocenters. The maximum Gasteiger partial charge on any atom is 0.335 e. The molecule has 140 valence electrons. The molecule has 1 atom stereocenters. The Morgan fingerprint density at radius 3 is 2.44 bits per heavy atom. The number of fused-ring (bicyclic) bond motifs is 2. The first-order valence-corrected chi connectivity index (χ1v) is 9.87. The summed E-state index contributed by atoms with van der Waals surface area (Å²) in [7, 11) is 0. The molecule has 0 fully saturated rings. The topological polar surface area (TPSA) is 37.3 Å². The molecular weight excluding hydrogens is 332 g/mol. The molecule has 0 saturated carbocycles. The number of hydrogen-bond acceptors (Lipinski definition) is 1. The van der Waals surface area contributed by atoms with Gasteiger partial charge >= 0.3 is 5.97 Å². The van der Waals surface area contributed by atoms with Crippen LogP contribution in [0.3, 0.4) is 0 Å². The van der Waals surface area contributed by atoms with E-state index in [-0.39, 0.29) is 16.7 Å². The Kier molecular flexibility index (Phi) is 4.06. The summed E-state index contributed by atoms with van der Waals surface area (Å²) in [6.07, 6.45) is 13.2. The Hall–Kier alpha value is -2.35. The fourth-order valence-electron chi connectivity index (χ4n) is 4.66. The minimum absolute atomic E-state index is 0.209. The van der Waals surface area contributed by atoms with E-state index in [1.165, 1.54) is 35.1 Å². The summed E-state index contributed by atoms with van der Waals surface area (Å²) < 4.78 is 0. The van der Waals surface area contributed by atoms with E-state index in [1.54, 1.807) is 12.2 Å². The molecular formula is C25H28O2. The van der Waals surface area contributed by atoms with Gasteiger partial charge in [0.15, 0.2) is 0 Å². The lowest BCUT2D eigenvalue weighted by molar-refractivity contribution is -0.132. The fraction of sp³-hybridized carbons (Fsp3) is 0.400. The minimum Gasteiger partial charge on any atom is -0.478 e. The van der Waals surface area contributed by atoms with Crippen molar-refractivity contribution in [1.82, 2.24) is 0 Å². The van der Waals surface area contributed by atoms with Crippen molar-refractivity contribution < 1.29 is 9.90 Å². The van der Waals surface area contributed by atoms with Crippen LogP contribution in [0.4, 0.5) is 0 Å². The molecule has 3 aliphatic rings. The van der Waals surface area contributed by atoms with Crippen LogP contribution < -0.4 is 0 Å². The zero-order valence-corrected chi connectivity index (χ0v) is 16.7. The molecule has 0 spiro atoms. The van der Waals surface area contributed by atoms with Crippen molar-refractivity contribution >= 4 is 11.5 Å². The van der Waals surface area contributed by atoms with E-state index in [1.807, 2.05) is 6.08 Å². The molecule has 1 N–H and O–H groups in total. The Balaban J connectivity index is 1.72. The highest BCUT2D eigenvalue weighted by Crippen LogP contribution is 2.47. The molecule has 0 aliphatic heterocycles. The van der Waals surface area contributed by atoms with Crippen LogP contribution in [0, 0.1) is 5.92 Å². The van der Waals surface area contributed by atoms with E-state index in [4.69, 9.17) is 0 Å². The van der Waals surface area contributed by atoms with Crippen molar-refractivity contribution in [2.24, 2.45) is 5.92 Å². The van der Waals surface area contributed by atoms with Gasteiger partial charge in [-0.15, -0.1) is 0 Å². The minimum atomic E-state index is -0.861. The molecule has 0 aromatic heterocycles. The van der Waals surface area contributed by atoms with Crippen LogP contribution in [0.1, 0.15) is 63.6 Å². The second kappa shape index (κ2) is 6.09. The molecule has 4 rings (SSSR count). The number of rotatable bonds is 2. The first kappa shape index (κ1) is 18.0. The zero-order valence-electron chi connectivity index (χ0n) is 16.7. The Morgan fingerprint density at radius 1 is 1.04 bits per heavy atom. The van der Waals surface area contributed by atoms with Gasteiger partial charge in [-0.05, 0) is 64.0 Å². The predicted molar refractivity (Wildman–Crippen MR) is 111 cm³/mol. The van der Waals surface area contributed by atoms with Crippen molar-refractivity contribution in [1.29, 1.82) is 0 Å². The third-order valence-corrected chi connectivity index (χ3v) is 6.65. The zero-order chi connectivity index (χ0) is 19.4. The van der Waals surface area contributed by atoms with E-state index in [0.717, 1.165) is 12.0 Å². The van der Waals surface area contributed by atoms with Crippen LogP contribution in [0.2, 0.25) is 0 Å². The van der Waals surface area contributed by atoms with Crippen LogP contribution in [-0.2, 0) is 15.6 Å². The van der Waals surface area contributed by atoms with Crippen molar-refractivity contribution in [3.8, 4) is 0 Å². The summed E-state index contributed by atoms with van der Waals surface area (Å²) in [5, 5.41) is 9.20. The van der Waals surface area contributed by atoms with E-state index >= 15 is 0 Å². The van der Waals surface area contributed by atoms with Gasteiger partial charge in [-0.3, -0.25) is 0 Å². The van der Waals surface area contributed by atoms with Gasteiger partial charge in [0.1, 0.15) is 0 Å². The lowest BCUT2D eigenvalue weighted by atomic mass is 9.62. The summed E-state index contributed by atoms with van der Waals surface area (Å²) in [4.78, 5) is 11.2. The fourth-order valence-corrected chi connectivity index (χ4v) is 4.66. The smallest absolute Gasteiger partial charge is 0.335 e. The summed E-state index contributed by atoms with van der Waals surface area (Å²) in [6.45, 7) is 9.43. The van der Waals surface area contributed by atoms with E-state index in [9.17, 15) is 9.90 Å². The standard InChI is InChI=1S/C25H28O2/c1-24(2)11-12-25(3,4)22-15-19(9-10-21(22)24)17-5-6-18-14-20(23(26)27)8-7-16(18)13-17/h5-10,14-16H,11-13H2,1-4H3,(H,26,27). The summed E-state index contributed by atoms with van der Waals surface area (Å²) in [5.74, 6) is -0.589. The summed E-state index contributed by atoms with van der Waals surface area (Å²) >= 11 is 0. The van der Waals surface area contributed by atoms with Gasteiger partial charge in [0.25, 0.3) is 0 Å². The SMILES string of the molecule is CC1(C)CCC(C)(C)c2cc(C3=CC=C4C=C(C(=O)O)C=CC4C3)ccc21. The Labute approximate surface area is 162 Å². The summed E-state index contributed by atoms with van der Waals surface area (Å²) in [5.41, 5.74) is 7.52. The average molecular weight is 360 g/mol. The largest absolute Gasteiger partial charge is 0.478 e. The van der Waals surface area contributed by atoms with E-state index < -0.39 is 5.97 Å². The number of hydrogen-bond donors (Lipinski definition) is 1. The maximum absolute atomic E-state index is 11.2. The van der Waals surface area contributed by atoms with E-state index in [0.29, 0.717) is 5.57 Å². The molecule has 3 aliphatic carbocycles. The van der Waals surface area contributed by atoms with Crippen molar-refractivity contribution in [3.63, 3.8) is 0 Å². The van der Waals surface area contributed by atoms with Crippen LogP contribution in [-0.4, -0.2) is 11.1 Å². The lowest BCUT2D eigenvalue weighted by Crippen LogP contribution is -2.33. The monoisotopic (exact) mass is 360 g/mol. The van der Waals surface area contributed by atoms with Crippen molar-refractivity contribution in [2.75, 3.05) is 0 Å². The number of allylic oxidation sites excluding steroid dienone is 6. The van der Waals surface area contributed by atoms with E-state index in [2.05, 4.69) is 58.0 Å². The molecule has 1 aromatic rings. The third kappa shape index (κ3) is 3.12. The molecule has 0 amide bonds. The molecule has 0 saturated heterocycles. The molecule has 0 radical (unpaired) electrons. The van der Waals surface area contributed by atoms with Gasteiger partial charge < -0.3 is 5.11 Å². The van der Waals surface area contributed by atoms with Crippen LogP contribution in [0.15, 0.2) is 59.7 Å². The van der Waals surface area contributed by atoms with Gasteiger partial charge in [-0.25, -0.2) is 4.79 Å². The second-order valence-electron chi connectivity index (χ2n) is 9.46. The molecule has 27 heavy (non-hydrogen) atoms. The second-order valence-corrected chi connectivity index (χ2v) is 9.46. The van der Waals surface area contributed by atoms with Crippen LogP contribution >= 0.6 is 0 Å².